The number of benzene rings is 1. The molecule has 6 nitrogen and oxygen atoms in total. The number of nitrogens with one attached hydrogen (secondary N) is 2. The average Bonchev–Trinajstić information content (AvgIpc) is 2.84. The molecule has 0 saturated carbocycles. The maximum atomic E-state index is 12.4. The van der Waals surface area contributed by atoms with Crippen molar-refractivity contribution in [2.24, 2.45) is 5.41 Å². The van der Waals surface area contributed by atoms with Crippen molar-refractivity contribution in [3.8, 4) is 0 Å². The Bertz CT molecular complexity index is 741. The summed E-state index contributed by atoms with van der Waals surface area (Å²) in [6, 6.07) is 7.29. The van der Waals surface area contributed by atoms with E-state index in [9.17, 15) is 18.0 Å². The first-order chi connectivity index (χ1) is 11.1. The first-order valence-electron chi connectivity index (χ1n) is 7.96. The number of sulfone groups is 1. The number of hydrogen-bond donors (Lipinski definition) is 2. The summed E-state index contributed by atoms with van der Waals surface area (Å²) in [6.45, 7) is 5.39. The van der Waals surface area contributed by atoms with Crippen molar-refractivity contribution in [1.82, 2.24) is 10.6 Å². The number of carbonyl (C=O) groups excluding carboxylic acids is 2. The van der Waals surface area contributed by atoms with E-state index in [1.807, 2.05) is 31.2 Å². The quantitative estimate of drug-likeness (QED) is 0.772. The van der Waals surface area contributed by atoms with Crippen LogP contribution in [0, 0.1) is 12.3 Å². The zero-order valence-electron chi connectivity index (χ0n) is 14.3. The first-order valence-corrected chi connectivity index (χ1v) is 9.78. The van der Waals surface area contributed by atoms with Gasteiger partial charge in [0.1, 0.15) is 5.41 Å². The van der Waals surface area contributed by atoms with Crippen LogP contribution >= 0.6 is 0 Å². The molecule has 1 atom stereocenters. The SMILES string of the molecule is Cc1ccccc1CNC(=O)C(C)(C)C(=O)NC1CCS(=O)(=O)C1. The molecule has 0 aliphatic carbocycles. The van der Waals surface area contributed by atoms with E-state index in [1.54, 1.807) is 13.8 Å². The minimum Gasteiger partial charge on any atom is -0.351 e. The molecule has 2 N–H and O–H groups in total. The van der Waals surface area contributed by atoms with Crippen molar-refractivity contribution in [2.45, 2.75) is 39.8 Å². The van der Waals surface area contributed by atoms with Gasteiger partial charge in [0, 0.05) is 12.6 Å². The van der Waals surface area contributed by atoms with Crippen LogP contribution in [0.25, 0.3) is 0 Å². The van der Waals surface area contributed by atoms with Gasteiger partial charge in [0.25, 0.3) is 0 Å². The standard InChI is InChI=1S/C17H24N2O4S/c1-12-6-4-5-7-13(12)10-18-15(20)17(2,3)16(21)19-14-8-9-24(22,23)11-14/h4-7,14H,8-11H2,1-3H3,(H,18,20)(H,19,21). The fraction of sp³-hybridized carbons (Fsp3) is 0.529. The number of rotatable bonds is 5. The van der Waals surface area contributed by atoms with Crippen molar-refractivity contribution in [1.29, 1.82) is 0 Å². The fourth-order valence-corrected chi connectivity index (χ4v) is 4.26. The lowest BCUT2D eigenvalue weighted by atomic mass is 9.90. The van der Waals surface area contributed by atoms with Crippen molar-refractivity contribution in [3.63, 3.8) is 0 Å². The normalized spacial score (nSPS) is 19.7. The highest BCUT2D eigenvalue weighted by Gasteiger charge is 2.38. The number of hydrogen-bond acceptors (Lipinski definition) is 4. The molecule has 132 valence electrons. The third-order valence-electron chi connectivity index (χ3n) is 4.40. The van der Waals surface area contributed by atoms with E-state index in [-0.39, 0.29) is 17.4 Å². The predicted molar refractivity (Wildman–Crippen MR) is 92.0 cm³/mol. The smallest absolute Gasteiger partial charge is 0.235 e. The van der Waals surface area contributed by atoms with Gasteiger partial charge in [0.2, 0.25) is 11.8 Å². The monoisotopic (exact) mass is 352 g/mol. The van der Waals surface area contributed by atoms with Gasteiger partial charge in [-0.05, 0) is 38.3 Å². The summed E-state index contributed by atoms with van der Waals surface area (Å²) in [7, 11) is -3.07. The highest BCUT2D eigenvalue weighted by molar-refractivity contribution is 7.91. The van der Waals surface area contributed by atoms with Gasteiger partial charge >= 0.3 is 0 Å². The molecule has 0 spiro atoms. The summed E-state index contributed by atoms with van der Waals surface area (Å²) in [4.78, 5) is 24.8. The summed E-state index contributed by atoms with van der Waals surface area (Å²) in [5, 5.41) is 5.47. The van der Waals surface area contributed by atoms with Gasteiger partial charge < -0.3 is 10.6 Å². The Morgan fingerprint density at radius 2 is 1.88 bits per heavy atom. The molecule has 1 fully saturated rings. The van der Waals surface area contributed by atoms with E-state index in [2.05, 4.69) is 10.6 Å². The maximum absolute atomic E-state index is 12.4. The van der Waals surface area contributed by atoms with Crippen molar-refractivity contribution < 1.29 is 18.0 Å². The molecule has 0 aromatic heterocycles. The third kappa shape index (κ3) is 4.35. The first kappa shape index (κ1) is 18.4. The summed E-state index contributed by atoms with van der Waals surface area (Å²) >= 11 is 0. The van der Waals surface area contributed by atoms with Crippen LogP contribution in [0.1, 0.15) is 31.4 Å². The highest BCUT2D eigenvalue weighted by Crippen LogP contribution is 2.19. The van der Waals surface area contributed by atoms with E-state index in [1.165, 1.54) is 0 Å². The van der Waals surface area contributed by atoms with Gasteiger partial charge in [-0.1, -0.05) is 24.3 Å². The minimum atomic E-state index is -3.07. The summed E-state index contributed by atoms with van der Waals surface area (Å²) < 4.78 is 22.9. The highest BCUT2D eigenvalue weighted by atomic mass is 32.2. The molecular formula is C17H24N2O4S. The van der Waals surface area contributed by atoms with Gasteiger partial charge in [0.05, 0.1) is 11.5 Å². The predicted octanol–water partition coefficient (Wildman–Crippen LogP) is 0.941. The van der Waals surface area contributed by atoms with Gasteiger partial charge in [-0.2, -0.15) is 0 Å². The largest absolute Gasteiger partial charge is 0.351 e. The van der Waals surface area contributed by atoms with Crippen LogP contribution in [0.5, 0.6) is 0 Å². The molecule has 1 aliphatic rings. The van der Waals surface area contributed by atoms with Crippen molar-refractivity contribution in [3.05, 3.63) is 35.4 Å². The van der Waals surface area contributed by atoms with E-state index in [0.29, 0.717) is 13.0 Å². The van der Waals surface area contributed by atoms with E-state index in [4.69, 9.17) is 0 Å². The molecule has 1 aromatic rings. The number of amides is 2. The van der Waals surface area contributed by atoms with Crippen LogP contribution in [0.4, 0.5) is 0 Å². The van der Waals surface area contributed by atoms with E-state index < -0.39 is 27.2 Å². The molecule has 2 amide bonds. The molecule has 1 aromatic carbocycles. The molecule has 7 heteroatoms. The topological polar surface area (TPSA) is 92.3 Å². The molecule has 0 radical (unpaired) electrons. The Morgan fingerprint density at radius 3 is 2.46 bits per heavy atom. The number of carbonyl (C=O) groups is 2. The lowest BCUT2D eigenvalue weighted by Crippen LogP contribution is -2.50. The van der Waals surface area contributed by atoms with Crippen molar-refractivity contribution >= 4 is 21.7 Å². The van der Waals surface area contributed by atoms with Crippen LogP contribution in [-0.4, -0.2) is 37.8 Å². The fourth-order valence-electron chi connectivity index (χ4n) is 2.58. The van der Waals surface area contributed by atoms with E-state index in [0.717, 1.165) is 11.1 Å². The lowest BCUT2D eigenvalue weighted by Gasteiger charge is -2.24. The van der Waals surface area contributed by atoms with Crippen molar-refractivity contribution in [2.75, 3.05) is 11.5 Å². The van der Waals surface area contributed by atoms with Gasteiger partial charge in [0.15, 0.2) is 9.84 Å². The van der Waals surface area contributed by atoms with Gasteiger partial charge in [-0.15, -0.1) is 0 Å². The zero-order chi connectivity index (χ0) is 18.0. The summed E-state index contributed by atoms with van der Waals surface area (Å²) in [5.41, 5.74) is 0.787. The zero-order valence-corrected chi connectivity index (χ0v) is 15.1. The van der Waals surface area contributed by atoms with Crippen LogP contribution in [-0.2, 0) is 26.0 Å². The van der Waals surface area contributed by atoms with Gasteiger partial charge in [-0.3, -0.25) is 9.59 Å². The second kappa shape index (κ2) is 6.93. The van der Waals surface area contributed by atoms with Crippen LogP contribution in [0.2, 0.25) is 0 Å². The molecule has 24 heavy (non-hydrogen) atoms. The van der Waals surface area contributed by atoms with Crippen LogP contribution in [0.3, 0.4) is 0 Å². The van der Waals surface area contributed by atoms with E-state index >= 15 is 0 Å². The number of aryl methyl sites for hydroxylation is 1. The molecular weight excluding hydrogens is 328 g/mol. The molecule has 1 unspecified atom stereocenters. The molecule has 1 saturated heterocycles. The molecule has 2 rings (SSSR count). The molecule has 0 bridgehead atoms. The molecule has 1 heterocycles. The second-order valence-electron chi connectivity index (χ2n) is 6.81. The second-order valence-corrected chi connectivity index (χ2v) is 9.04. The Balaban J connectivity index is 1.94. The Labute approximate surface area is 142 Å². The van der Waals surface area contributed by atoms with Crippen LogP contribution < -0.4 is 10.6 Å². The third-order valence-corrected chi connectivity index (χ3v) is 6.17. The van der Waals surface area contributed by atoms with Crippen LogP contribution in [0.15, 0.2) is 24.3 Å². The van der Waals surface area contributed by atoms with Gasteiger partial charge in [-0.25, -0.2) is 8.42 Å². The maximum Gasteiger partial charge on any atom is 0.235 e. The lowest BCUT2D eigenvalue weighted by molar-refractivity contribution is -0.141. The molecule has 1 aliphatic heterocycles. The Hall–Kier alpha value is -1.89. The Kier molecular flexibility index (Phi) is 5.32. The summed E-state index contributed by atoms with van der Waals surface area (Å²) in [5.74, 6) is -0.812. The summed E-state index contributed by atoms with van der Waals surface area (Å²) in [6.07, 6.45) is 0.398. The minimum absolute atomic E-state index is 0.0559. The Morgan fingerprint density at radius 1 is 1.21 bits per heavy atom. The average molecular weight is 352 g/mol.